The zero-order chi connectivity index (χ0) is 16.2. The van der Waals surface area contributed by atoms with Crippen LogP contribution in [0.5, 0.6) is 0 Å². The third-order valence-electron chi connectivity index (χ3n) is 2.33. The van der Waals surface area contributed by atoms with E-state index in [1.54, 1.807) is 0 Å². The average molecular weight is 453 g/mol. The Morgan fingerprint density at radius 2 is 2.00 bits per heavy atom. The largest absolute Gasteiger partial charge is 0.469 e. The van der Waals surface area contributed by atoms with Crippen LogP contribution in [0.1, 0.15) is 16.1 Å². The number of thiophene rings is 1. The quantitative estimate of drug-likeness (QED) is 0.637. The number of ether oxygens (including phenoxy) is 1. The van der Waals surface area contributed by atoms with Gasteiger partial charge in [-0.2, -0.15) is 13.2 Å². The number of hydrogen-bond donors (Lipinski definition) is 0. The van der Waals surface area contributed by atoms with Crippen LogP contribution in [-0.4, -0.2) is 43.2 Å². The summed E-state index contributed by atoms with van der Waals surface area (Å²) in [5.41, 5.74) is 0. The number of carbonyl (C=O) groups is 2. The van der Waals surface area contributed by atoms with Crippen LogP contribution in [0.3, 0.4) is 0 Å². The van der Waals surface area contributed by atoms with Gasteiger partial charge in [-0.15, -0.1) is 11.3 Å². The van der Waals surface area contributed by atoms with Gasteiger partial charge in [0.2, 0.25) is 0 Å². The zero-order valence-electron chi connectivity index (χ0n) is 10.7. The molecular formula is C11H10Br2F3NO3S. The number of hydrogen-bond acceptors (Lipinski definition) is 4. The number of nitrogens with zero attached hydrogens (tertiary/aromatic N) is 1. The number of alkyl halides is 3. The number of esters is 1. The van der Waals surface area contributed by atoms with Crippen molar-refractivity contribution in [3.63, 3.8) is 0 Å². The maximum Gasteiger partial charge on any atom is 0.406 e. The Labute approximate surface area is 139 Å². The highest BCUT2D eigenvalue weighted by molar-refractivity contribution is 9.13. The molecule has 1 aromatic rings. The van der Waals surface area contributed by atoms with Gasteiger partial charge in [-0.05, 0) is 37.9 Å². The Morgan fingerprint density at radius 3 is 2.43 bits per heavy atom. The van der Waals surface area contributed by atoms with Crippen molar-refractivity contribution in [3.8, 4) is 0 Å². The zero-order valence-corrected chi connectivity index (χ0v) is 14.7. The van der Waals surface area contributed by atoms with Gasteiger partial charge in [-0.3, -0.25) is 9.59 Å². The van der Waals surface area contributed by atoms with Crippen LogP contribution in [0.25, 0.3) is 0 Å². The minimum absolute atomic E-state index is 0.142. The first-order chi connectivity index (χ1) is 9.64. The lowest BCUT2D eigenvalue weighted by molar-refractivity contribution is -0.146. The number of rotatable bonds is 5. The van der Waals surface area contributed by atoms with Crippen LogP contribution in [0.4, 0.5) is 13.2 Å². The summed E-state index contributed by atoms with van der Waals surface area (Å²) in [7, 11) is 1.13. The number of methoxy groups -OCH3 is 1. The monoisotopic (exact) mass is 451 g/mol. The SMILES string of the molecule is COC(=O)CCN(CC(F)(F)F)C(=O)c1cc(Br)c(Br)s1. The van der Waals surface area contributed by atoms with Crippen LogP contribution in [0, 0.1) is 0 Å². The summed E-state index contributed by atoms with van der Waals surface area (Å²) in [6, 6.07) is 1.43. The van der Waals surface area contributed by atoms with E-state index in [1.807, 2.05) is 0 Å². The van der Waals surface area contributed by atoms with Crippen molar-refractivity contribution < 1.29 is 27.5 Å². The van der Waals surface area contributed by atoms with Gasteiger partial charge in [0.25, 0.3) is 5.91 Å². The van der Waals surface area contributed by atoms with Gasteiger partial charge in [-0.1, -0.05) is 0 Å². The molecule has 10 heteroatoms. The summed E-state index contributed by atoms with van der Waals surface area (Å²) >= 11 is 7.35. The normalized spacial score (nSPS) is 11.3. The number of carbonyl (C=O) groups excluding carboxylic acids is 2. The first-order valence-corrected chi connectivity index (χ1v) is 7.92. The summed E-state index contributed by atoms with van der Waals surface area (Å²) in [5.74, 6) is -1.46. The Bertz CT molecular complexity index is 514. The minimum atomic E-state index is -4.54. The summed E-state index contributed by atoms with van der Waals surface area (Å²) < 4.78 is 43.2. The van der Waals surface area contributed by atoms with Gasteiger partial charge in [0.15, 0.2) is 0 Å². The highest BCUT2D eigenvalue weighted by Gasteiger charge is 2.34. The molecule has 1 amide bonds. The molecule has 0 unspecified atom stereocenters. The fraction of sp³-hybridized carbons (Fsp3) is 0.455. The molecule has 0 fully saturated rings. The molecule has 0 atom stereocenters. The van der Waals surface area contributed by atoms with Gasteiger partial charge in [0.1, 0.15) is 6.54 Å². The van der Waals surface area contributed by atoms with Crippen molar-refractivity contribution in [2.75, 3.05) is 20.2 Å². The van der Waals surface area contributed by atoms with Crippen LogP contribution in [-0.2, 0) is 9.53 Å². The Balaban J connectivity index is 2.88. The van der Waals surface area contributed by atoms with Gasteiger partial charge in [0.05, 0.1) is 22.2 Å². The molecule has 1 rings (SSSR count). The second-order valence-electron chi connectivity index (χ2n) is 3.90. The highest BCUT2D eigenvalue weighted by Crippen LogP contribution is 2.33. The van der Waals surface area contributed by atoms with Crippen molar-refractivity contribution in [2.24, 2.45) is 0 Å². The summed E-state index contributed by atoms with van der Waals surface area (Å²) in [5, 5.41) is 0. The van der Waals surface area contributed by atoms with Gasteiger partial charge in [0, 0.05) is 11.0 Å². The number of amides is 1. The first-order valence-electron chi connectivity index (χ1n) is 5.51. The summed E-state index contributed by atoms with van der Waals surface area (Å²) in [4.78, 5) is 23.9. The lowest BCUT2D eigenvalue weighted by Crippen LogP contribution is -2.40. The van der Waals surface area contributed by atoms with E-state index < -0.39 is 24.6 Å². The molecule has 118 valence electrons. The van der Waals surface area contributed by atoms with Crippen molar-refractivity contribution in [1.82, 2.24) is 4.90 Å². The molecule has 21 heavy (non-hydrogen) atoms. The van der Waals surface area contributed by atoms with E-state index in [9.17, 15) is 22.8 Å². The van der Waals surface area contributed by atoms with E-state index in [1.165, 1.54) is 6.07 Å². The van der Waals surface area contributed by atoms with E-state index in [0.717, 1.165) is 18.4 Å². The molecule has 0 aliphatic heterocycles. The topological polar surface area (TPSA) is 46.6 Å². The van der Waals surface area contributed by atoms with Crippen molar-refractivity contribution in [3.05, 3.63) is 19.2 Å². The Kier molecular flexibility index (Phi) is 6.67. The molecule has 0 bridgehead atoms. The predicted octanol–water partition coefficient (Wildman–Crippen LogP) is 3.84. The van der Waals surface area contributed by atoms with E-state index >= 15 is 0 Å². The smallest absolute Gasteiger partial charge is 0.406 e. The molecule has 0 N–H and O–H groups in total. The molecule has 0 saturated heterocycles. The predicted molar refractivity (Wildman–Crippen MR) is 78.3 cm³/mol. The molecule has 1 aromatic heterocycles. The van der Waals surface area contributed by atoms with Crippen molar-refractivity contribution in [2.45, 2.75) is 12.6 Å². The molecule has 0 spiro atoms. The van der Waals surface area contributed by atoms with E-state index in [0.29, 0.717) is 13.2 Å². The molecule has 0 aliphatic rings. The first kappa shape index (κ1) is 18.4. The molecule has 0 saturated carbocycles. The van der Waals surface area contributed by atoms with Crippen LogP contribution >= 0.6 is 43.2 Å². The maximum absolute atomic E-state index is 12.5. The Morgan fingerprint density at radius 1 is 1.38 bits per heavy atom. The lowest BCUT2D eigenvalue weighted by atomic mass is 10.3. The van der Waals surface area contributed by atoms with E-state index in [2.05, 4.69) is 36.6 Å². The van der Waals surface area contributed by atoms with E-state index in [4.69, 9.17) is 0 Å². The fourth-order valence-electron chi connectivity index (χ4n) is 1.40. The molecular weight excluding hydrogens is 443 g/mol. The fourth-order valence-corrected chi connectivity index (χ4v) is 3.41. The maximum atomic E-state index is 12.5. The third-order valence-corrected chi connectivity index (χ3v) is 5.57. The van der Waals surface area contributed by atoms with Crippen molar-refractivity contribution in [1.29, 1.82) is 0 Å². The summed E-state index contributed by atoms with van der Waals surface area (Å²) in [6.07, 6.45) is -4.84. The van der Waals surface area contributed by atoms with Crippen LogP contribution in [0.2, 0.25) is 0 Å². The molecule has 4 nitrogen and oxygen atoms in total. The second kappa shape index (κ2) is 7.59. The van der Waals surface area contributed by atoms with Crippen LogP contribution < -0.4 is 0 Å². The van der Waals surface area contributed by atoms with Gasteiger partial charge in [-0.25, -0.2) is 0 Å². The number of halogens is 5. The Hall–Kier alpha value is -0.610. The van der Waals surface area contributed by atoms with E-state index in [-0.39, 0.29) is 17.8 Å². The standard InChI is InChI=1S/C11H10Br2F3NO3S/c1-20-8(18)2-3-17(5-11(14,15)16)10(19)7-4-6(12)9(13)21-7/h4H,2-3,5H2,1H3. The van der Waals surface area contributed by atoms with Gasteiger partial charge >= 0.3 is 12.1 Å². The molecule has 0 aromatic carbocycles. The van der Waals surface area contributed by atoms with Crippen molar-refractivity contribution >= 4 is 55.1 Å². The second-order valence-corrected chi connectivity index (χ2v) is 7.12. The van der Waals surface area contributed by atoms with Gasteiger partial charge < -0.3 is 9.64 Å². The molecule has 0 aliphatic carbocycles. The minimum Gasteiger partial charge on any atom is -0.469 e. The third kappa shape index (κ3) is 5.95. The molecule has 0 radical (unpaired) electrons. The van der Waals surface area contributed by atoms with Crippen LogP contribution in [0.15, 0.2) is 14.3 Å². The molecule has 1 heterocycles. The average Bonchev–Trinajstić information content (AvgIpc) is 2.72. The highest BCUT2D eigenvalue weighted by atomic mass is 79.9. The summed E-state index contributed by atoms with van der Waals surface area (Å²) in [6.45, 7) is -1.78. The lowest BCUT2D eigenvalue weighted by Gasteiger charge is -2.22.